The molecule has 3 nitrogen and oxygen atoms in total. The van der Waals surface area contributed by atoms with Gasteiger partial charge in [-0.25, -0.2) is 4.39 Å². The van der Waals surface area contributed by atoms with Crippen LogP contribution in [-0.4, -0.2) is 19.0 Å². The molecule has 2 aromatic rings. The third kappa shape index (κ3) is 2.23. The highest BCUT2D eigenvalue weighted by Crippen LogP contribution is 2.36. The van der Waals surface area contributed by atoms with Gasteiger partial charge in [0, 0.05) is 11.6 Å². The molecule has 0 radical (unpaired) electrons. The molecule has 0 amide bonds. The summed E-state index contributed by atoms with van der Waals surface area (Å²) in [6.07, 6.45) is 0. The van der Waals surface area contributed by atoms with E-state index in [4.69, 9.17) is 21.1 Å². The quantitative estimate of drug-likeness (QED) is 0.795. The second-order valence-corrected chi connectivity index (χ2v) is 4.69. The number of halogens is 2. The number of ether oxygens (including phenoxy) is 2. The van der Waals surface area contributed by atoms with E-state index in [1.165, 1.54) is 30.3 Å². The van der Waals surface area contributed by atoms with Crippen LogP contribution in [0.1, 0.15) is 15.9 Å². The lowest BCUT2D eigenvalue weighted by Gasteiger charge is -2.19. The first-order valence-corrected chi connectivity index (χ1v) is 6.43. The van der Waals surface area contributed by atoms with Crippen molar-refractivity contribution in [1.29, 1.82) is 0 Å². The molecule has 0 atom stereocenters. The van der Waals surface area contributed by atoms with Gasteiger partial charge in [-0.1, -0.05) is 23.7 Å². The Balaban J connectivity index is 2.06. The van der Waals surface area contributed by atoms with Crippen LogP contribution in [0.25, 0.3) is 0 Å². The van der Waals surface area contributed by atoms with E-state index in [2.05, 4.69) is 0 Å². The zero-order chi connectivity index (χ0) is 14.1. The summed E-state index contributed by atoms with van der Waals surface area (Å²) in [5.74, 6) is -0.125. The van der Waals surface area contributed by atoms with Crippen molar-refractivity contribution < 1.29 is 18.7 Å². The van der Waals surface area contributed by atoms with Crippen molar-refractivity contribution in [1.82, 2.24) is 0 Å². The topological polar surface area (TPSA) is 35.5 Å². The maximum atomic E-state index is 13.7. The molecule has 0 saturated carbocycles. The van der Waals surface area contributed by atoms with Crippen molar-refractivity contribution in [2.45, 2.75) is 0 Å². The Labute approximate surface area is 119 Å². The van der Waals surface area contributed by atoms with Gasteiger partial charge in [0.05, 0.1) is 10.6 Å². The van der Waals surface area contributed by atoms with E-state index in [0.29, 0.717) is 24.7 Å². The molecular weight excluding hydrogens is 283 g/mol. The summed E-state index contributed by atoms with van der Waals surface area (Å²) < 4.78 is 24.5. The van der Waals surface area contributed by atoms with Gasteiger partial charge in [-0.2, -0.15) is 0 Å². The molecule has 1 heterocycles. The van der Waals surface area contributed by atoms with Crippen molar-refractivity contribution in [2.75, 3.05) is 13.2 Å². The number of rotatable bonds is 2. The summed E-state index contributed by atoms with van der Waals surface area (Å²) in [5, 5.41) is 0.211. The summed E-state index contributed by atoms with van der Waals surface area (Å²) in [6.45, 7) is 0.839. The number of carbonyl (C=O) groups excluding carboxylic acids is 1. The minimum Gasteiger partial charge on any atom is -0.486 e. The number of benzene rings is 2. The van der Waals surface area contributed by atoms with Gasteiger partial charge < -0.3 is 9.47 Å². The maximum absolute atomic E-state index is 13.7. The monoisotopic (exact) mass is 292 g/mol. The second kappa shape index (κ2) is 5.13. The van der Waals surface area contributed by atoms with Crippen LogP contribution in [0.2, 0.25) is 5.02 Å². The zero-order valence-corrected chi connectivity index (χ0v) is 11.1. The van der Waals surface area contributed by atoms with Gasteiger partial charge in [-0.3, -0.25) is 4.79 Å². The lowest BCUT2D eigenvalue weighted by Crippen LogP contribution is -2.16. The summed E-state index contributed by atoms with van der Waals surface area (Å²) in [7, 11) is 0. The van der Waals surface area contributed by atoms with Gasteiger partial charge in [0.25, 0.3) is 0 Å². The molecule has 1 aliphatic heterocycles. The molecule has 102 valence electrons. The van der Waals surface area contributed by atoms with Crippen LogP contribution in [0.5, 0.6) is 11.5 Å². The zero-order valence-electron chi connectivity index (χ0n) is 10.4. The van der Waals surface area contributed by atoms with Gasteiger partial charge in [0.2, 0.25) is 0 Å². The predicted molar refractivity (Wildman–Crippen MR) is 72.3 cm³/mol. The van der Waals surface area contributed by atoms with Gasteiger partial charge in [-0.15, -0.1) is 0 Å². The summed E-state index contributed by atoms with van der Waals surface area (Å²) in [5.41, 5.74) is 0.173. The van der Waals surface area contributed by atoms with Gasteiger partial charge in [-0.05, 0) is 18.2 Å². The predicted octanol–water partition coefficient (Wildman–Crippen LogP) is 3.48. The second-order valence-electron chi connectivity index (χ2n) is 4.28. The Hall–Kier alpha value is -2.07. The highest BCUT2D eigenvalue weighted by Gasteiger charge is 2.21. The van der Waals surface area contributed by atoms with Crippen LogP contribution in [0.4, 0.5) is 4.39 Å². The first-order chi connectivity index (χ1) is 9.66. The molecule has 20 heavy (non-hydrogen) atoms. The molecule has 3 rings (SSSR count). The Morgan fingerprint density at radius 1 is 1.05 bits per heavy atom. The lowest BCUT2D eigenvalue weighted by atomic mass is 10.0. The Morgan fingerprint density at radius 3 is 2.40 bits per heavy atom. The highest BCUT2D eigenvalue weighted by atomic mass is 35.5. The molecule has 2 aromatic carbocycles. The van der Waals surface area contributed by atoms with E-state index in [1.54, 1.807) is 6.07 Å². The molecule has 0 unspecified atom stereocenters. The third-order valence-corrected chi connectivity index (χ3v) is 3.31. The first-order valence-electron chi connectivity index (χ1n) is 6.05. The van der Waals surface area contributed by atoms with Crippen molar-refractivity contribution >= 4 is 17.4 Å². The smallest absolute Gasteiger partial charge is 0.197 e. The number of fused-ring (bicyclic) bond motifs is 1. The molecule has 0 fully saturated rings. The van der Waals surface area contributed by atoms with Crippen molar-refractivity contribution in [2.24, 2.45) is 0 Å². The SMILES string of the molecule is O=C(c1ccccc1F)c1cc2c(cc1Cl)OCCO2. The molecule has 0 bridgehead atoms. The van der Waals surface area contributed by atoms with E-state index in [0.717, 1.165) is 0 Å². The Kier molecular flexibility index (Phi) is 3.32. The Bertz CT molecular complexity index is 685. The normalized spacial score (nSPS) is 13.1. The molecule has 0 N–H and O–H groups in total. The maximum Gasteiger partial charge on any atom is 0.197 e. The molecule has 0 spiro atoms. The van der Waals surface area contributed by atoms with Crippen molar-refractivity contribution in [3.8, 4) is 11.5 Å². The largest absolute Gasteiger partial charge is 0.486 e. The minimum atomic E-state index is -0.580. The average molecular weight is 293 g/mol. The highest BCUT2D eigenvalue weighted by molar-refractivity contribution is 6.35. The summed E-state index contributed by atoms with van der Waals surface area (Å²) >= 11 is 6.08. The van der Waals surface area contributed by atoms with Gasteiger partial charge in [0.1, 0.15) is 19.0 Å². The lowest BCUT2D eigenvalue weighted by molar-refractivity contribution is 0.103. The van der Waals surface area contributed by atoms with Crippen LogP contribution < -0.4 is 9.47 Å². The van der Waals surface area contributed by atoms with Crippen LogP contribution >= 0.6 is 11.6 Å². The molecule has 0 aromatic heterocycles. The fraction of sp³-hybridized carbons (Fsp3) is 0.133. The van der Waals surface area contributed by atoms with Gasteiger partial charge >= 0.3 is 0 Å². The Morgan fingerprint density at radius 2 is 1.70 bits per heavy atom. The average Bonchev–Trinajstić information content (AvgIpc) is 2.46. The van der Waals surface area contributed by atoms with E-state index in [-0.39, 0.29) is 16.1 Å². The molecule has 5 heteroatoms. The van der Waals surface area contributed by atoms with Crippen LogP contribution in [0.3, 0.4) is 0 Å². The first kappa shape index (κ1) is 12.9. The number of ketones is 1. The number of hydrogen-bond donors (Lipinski definition) is 0. The van der Waals surface area contributed by atoms with Gasteiger partial charge in [0.15, 0.2) is 17.3 Å². The van der Waals surface area contributed by atoms with E-state index in [9.17, 15) is 9.18 Å². The fourth-order valence-electron chi connectivity index (χ4n) is 2.03. The van der Waals surface area contributed by atoms with Crippen LogP contribution in [-0.2, 0) is 0 Å². The molecule has 1 aliphatic rings. The number of carbonyl (C=O) groups is 1. The van der Waals surface area contributed by atoms with E-state index >= 15 is 0 Å². The minimum absolute atomic E-state index is 0.0222. The molecule has 0 saturated heterocycles. The summed E-state index contributed by atoms with van der Waals surface area (Å²) in [4.78, 5) is 12.4. The van der Waals surface area contributed by atoms with Crippen molar-refractivity contribution in [3.63, 3.8) is 0 Å². The number of hydrogen-bond acceptors (Lipinski definition) is 3. The van der Waals surface area contributed by atoms with Crippen LogP contribution in [0.15, 0.2) is 36.4 Å². The van der Waals surface area contributed by atoms with E-state index < -0.39 is 11.6 Å². The summed E-state index contributed by atoms with van der Waals surface area (Å²) in [6, 6.07) is 8.79. The van der Waals surface area contributed by atoms with E-state index in [1.807, 2.05) is 0 Å². The van der Waals surface area contributed by atoms with Crippen LogP contribution in [0, 0.1) is 5.82 Å². The molecule has 0 aliphatic carbocycles. The standard InChI is InChI=1S/C15H10ClFO3/c16-11-8-14-13(19-5-6-20-14)7-10(11)15(18)9-3-1-2-4-12(9)17/h1-4,7-8H,5-6H2. The van der Waals surface area contributed by atoms with Crippen molar-refractivity contribution in [3.05, 3.63) is 58.4 Å². The molecular formula is C15H10ClFO3. The fourth-order valence-corrected chi connectivity index (χ4v) is 2.27. The third-order valence-electron chi connectivity index (χ3n) is 2.99.